The molecular weight excluding hydrogens is 319 g/mol. The van der Waals surface area contributed by atoms with Crippen LogP contribution >= 0.6 is 0 Å². The van der Waals surface area contributed by atoms with Crippen molar-refractivity contribution in [3.8, 4) is 0 Å². The summed E-state index contributed by atoms with van der Waals surface area (Å²) in [5.41, 5.74) is -0.492. The van der Waals surface area contributed by atoms with Gasteiger partial charge >= 0.3 is 6.18 Å². The van der Waals surface area contributed by atoms with Gasteiger partial charge in [-0.25, -0.2) is 9.97 Å². The van der Waals surface area contributed by atoms with Crippen LogP contribution in [-0.2, 0) is 11.6 Å². The first-order chi connectivity index (χ1) is 11.4. The van der Waals surface area contributed by atoms with Crippen LogP contribution in [0.4, 0.5) is 19.1 Å². The van der Waals surface area contributed by atoms with E-state index in [0.717, 1.165) is 30.7 Å². The van der Waals surface area contributed by atoms with Crippen molar-refractivity contribution >= 4 is 5.95 Å². The average Bonchev–Trinajstić information content (AvgIpc) is 2.62. The minimum atomic E-state index is -4.50. The monoisotopic (exact) mass is 337 g/mol. The smallest absolute Gasteiger partial charge is 0.395 e. The molecule has 1 aliphatic rings. The van der Waals surface area contributed by atoms with E-state index in [2.05, 4.69) is 9.97 Å². The molecule has 2 heterocycles. The van der Waals surface area contributed by atoms with Gasteiger partial charge in [-0.3, -0.25) is 0 Å². The molecule has 24 heavy (non-hydrogen) atoms. The van der Waals surface area contributed by atoms with E-state index < -0.39 is 17.3 Å². The van der Waals surface area contributed by atoms with Gasteiger partial charge in [0, 0.05) is 24.7 Å². The molecule has 1 unspecified atom stereocenters. The Morgan fingerprint density at radius 1 is 1.17 bits per heavy atom. The zero-order valence-electron chi connectivity index (χ0n) is 13.0. The van der Waals surface area contributed by atoms with Gasteiger partial charge in [0.1, 0.15) is 5.69 Å². The van der Waals surface area contributed by atoms with E-state index >= 15 is 0 Å². The summed E-state index contributed by atoms with van der Waals surface area (Å²) < 4.78 is 38.6. The first kappa shape index (κ1) is 16.7. The summed E-state index contributed by atoms with van der Waals surface area (Å²) in [6.07, 6.45) is -1.86. The number of alkyl halides is 3. The Hall–Kier alpha value is -2.15. The highest BCUT2D eigenvalue weighted by Crippen LogP contribution is 2.35. The number of piperidine rings is 1. The number of halogens is 3. The molecule has 0 radical (unpaired) electrons. The molecular formula is C17H18F3N3O. The van der Waals surface area contributed by atoms with E-state index in [9.17, 15) is 18.3 Å². The van der Waals surface area contributed by atoms with Gasteiger partial charge in [-0.15, -0.1) is 0 Å². The van der Waals surface area contributed by atoms with E-state index in [1.165, 1.54) is 0 Å². The summed E-state index contributed by atoms with van der Waals surface area (Å²) in [7, 11) is 0. The van der Waals surface area contributed by atoms with Gasteiger partial charge in [0.2, 0.25) is 5.95 Å². The Morgan fingerprint density at radius 2 is 1.92 bits per heavy atom. The molecule has 1 saturated heterocycles. The van der Waals surface area contributed by atoms with Crippen LogP contribution < -0.4 is 4.90 Å². The van der Waals surface area contributed by atoms with Gasteiger partial charge < -0.3 is 10.0 Å². The average molecular weight is 337 g/mol. The first-order valence-electron chi connectivity index (χ1n) is 7.76. The predicted molar refractivity (Wildman–Crippen MR) is 83.7 cm³/mol. The summed E-state index contributed by atoms with van der Waals surface area (Å²) in [5, 5.41) is 10.00. The molecule has 1 N–H and O–H groups in total. The number of anilines is 1. The minimum Gasteiger partial charge on any atom is -0.395 e. The molecule has 1 fully saturated rings. The molecule has 128 valence electrons. The van der Waals surface area contributed by atoms with Gasteiger partial charge in [0.25, 0.3) is 0 Å². The maximum absolute atomic E-state index is 12.9. The summed E-state index contributed by atoms with van der Waals surface area (Å²) in [5.74, 6) is 0.0540. The van der Waals surface area contributed by atoms with Crippen molar-refractivity contribution in [1.29, 1.82) is 0 Å². The quantitative estimate of drug-likeness (QED) is 0.935. The Bertz CT molecular complexity index is 693. The van der Waals surface area contributed by atoms with Gasteiger partial charge in [0.15, 0.2) is 0 Å². The molecule has 1 aromatic carbocycles. The molecule has 0 aliphatic carbocycles. The summed E-state index contributed by atoms with van der Waals surface area (Å²) in [6.45, 7) is 0.872. The zero-order chi connectivity index (χ0) is 17.2. The highest BCUT2D eigenvalue weighted by molar-refractivity contribution is 5.37. The molecule has 7 heteroatoms. The number of aromatic nitrogens is 2. The summed E-state index contributed by atoms with van der Waals surface area (Å²) >= 11 is 0. The van der Waals surface area contributed by atoms with E-state index in [1.807, 2.05) is 30.3 Å². The third-order valence-corrected chi connectivity index (χ3v) is 4.48. The van der Waals surface area contributed by atoms with Crippen molar-refractivity contribution in [1.82, 2.24) is 9.97 Å². The number of hydrogen-bond donors (Lipinski definition) is 1. The molecule has 2 aromatic rings. The maximum atomic E-state index is 12.9. The molecule has 1 aliphatic heterocycles. The van der Waals surface area contributed by atoms with Gasteiger partial charge in [-0.1, -0.05) is 30.3 Å². The fourth-order valence-corrected chi connectivity index (χ4v) is 3.21. The Labute approximate surface area is 138 Å². The van der Waals surface area contributed by atoms with E-state index in [0.29, 0.717) is 13.1 Å². The second-order valence-electron chi connectivity index (χ2n) is 6.07. The lowest BCUT2D eigenvalue weighted by Gasteiger charge is -2.42. The number of benzene rings is 1. The minimum absolute atomic E-state index is 0.0540. The van der Waals surface area contributed by atoms with Crippen LogP contribution in [-0.4, -0.2) is 34.8 Å². The van der Waals surface area contributed by atoms with E-state index in [4.69, 9.17) is 0 Å². The SMILES string of the molecule is OCC1(c2ccccc2)CCCN(c2nccc(C(F)(F)F)n2)C1. The van der Waals surface area contributed by atoms with Gasteiger partial charge in [-0.05, 0) is 24.5 Å². The number of nitrogens with zero attached hydrogens (tertiary/aromatic N) is 3. The maximum Gasteiger partial charge on any atom is 0.433 e. The van der Waals surface area contributed by atoms with Crippen LogP contribution in [0.3, 0.4) is 0 Å². The standard InChI is InChI=1S/C17H18F3N3O/c18-17(19,20)14-7-9-21-15(22-14)23-10-4-8-16(11-23,12-24)13-5-2-1-3-6-13/h1-3,5-7,9,24H,4,8,10-12H2. The second kappa shape index (κ2) is 6.39. The number of hydrogen-bond acceptors (Lipinski definition) is 4. The lowest BCUT2D eigenvalue weighted by molar-refractivity contribution is -0.141. The zero-order valence-corrected chi connectivity index (χ0v) is 13.0. The lowest BCUT2D eigenvalue weighted by atomic mass is 9.75. The Kier molecular flexibility index (Phi) is 4.45. The van der Waals surface area contributed by atoms with Crippen molar-refractivity contribution < 1.29 is 18.3 Å². The highest BCUT2D eigenvalue weighted by Gasteiger charge is 2.38. The lowest BCUT2D eigenvalue weighted by Crippen LogP contribution is -2.49. The second-order valence-corrected chi connectivity index (χ2v) is 6.07. The van der Waals surface area contributed by atoms with Crippen LogP contribution in [0, 0.1) is 0 Å². The van der Waals surface area contributed by atoms with Crippen molar-refractivity contribution in [2.75, 3.05) is 24.6 Å². The fourth-order valence-electron chi connectivity index (χ4n) is 3.21. The molecule has 0 saturated carbocycles. The molecule has 3 rings (SSSR count). The number of aliphatic hydroxyl groups is 1. The highest BCUT2D eigenvalue weighted by atomic mass is 19.4. The third-order valence-electron chi connectivity index (χ3n) is 4.48. The van der Waals surface area contributed by atoms with Crippen molar-refractivity contribution in [3.05, 3.63) is 53.9 Å². The van der Waals surface area contributed by atoms with Gasteiger partial charge in [-0.2, -0.15) is 13.2 Å². The van der Waals surface area contributed by atoms with Crippen molar-refractivity contribution in [2.24, 2.45) is 0 Å². The molecule has 0 amide bonds. The normalized spacial score (nSPS) is 21.8. The van der Waals surface area contributed by atoms with Crippen molar-refractivity contribution in [2.45, 2.75) is 24.4 Å². The number of aliphatic hydroxyl groups excluding tert-OH is 1. The largest absolute Gasteiger partial charge is 0.433 e. The van der Waals surface area contributed by atoms with Crippen LogP contribution in [0.15, 0.2) is 42.6 Å². The van der Waals surface area contributed by atoms with Crippen LogP contribution in [0.25, 0.3) is 0 Å². The van der Waals surface area contributed by atoms with Crippen molar-refractivity contribution in [3.63, 3.8) is 0 Å². The Morgan fingerprint density at radius 3 is 2.58 bits per heavy atom. The van der Waals surface area contributed by atoms with Gasteiger partial charge in [0.05, 0.1) is 6.61 Å². The van der Waals surface area contributed by atoms with E-state index in [1.54, 1.807) is 4.90 Å². The molecule has 4 nitrogen and oxygen atoms in total. The predicted octanol–water partition coefficient (Wildman–Crippen LogP) is 3.03. The molecule has 1 atom stereocenters. The van der Waals surface area contributed by atoms with Crippen LogP contribution in [0.1, 0.15) is 24.1 Å². The first-order valence-corrected chi connectivity index (χ1v) is 7.76. The Balaban J connectivity index is 1.91. The summed E-state index contributed by atoms with van der Waals surface area (Å²) in [4.78, 5) is 9.40. The molecule has 1 aromatic heterocycles. The fraction of sp³-hybridized carbons (Fsp3) is 0.412. The summed E-state index contributed by atoms with van der Waals surface area (Å²) in [6, 6.07) is 10.4. The molecule has 0 spiro atoms. The third kappa shape index (κ3) is 3.21. The van der Waals surface area contributed by atoms with Crippen LogP contribution in [0.2, 0.25) is 0 Å². The molecule has 0 bridgehead atoms. The topological polar surface area (TPSA) is 49.2 Å². The van der Waals surface area contributed by atoms with E-state index in [-0.39, 0.29) is 12.6 Å². The van der Waals surface area contributed by atoms with Crippen LogP contribution in [0.5, 0.6) is 0 Å². The number of rotatable bonds is 3.